The number of benzene rings is 1. The van der Waals surface area contributed by atoms with Crippen LogP contribution in [-0.4, -0.2) is 27.7 Å². The lowest BCUT2D eigenvalue weighted by Gasteiger charge is -2.29. The molecule has 1 rings (SSSR count). The first-order valence-electron chi connectivity index (χ1n) is 5.08. The SMILES string of the molecule is C=C(C)C[N+](C)(C)c1cccc(OC)c1. The van der Waals surface area contributed by atoms with Crippen molar-refractivity contribution in [1.29, 1.82) is 0 Å². The molecular formula is C13H20NO+. The van der Waals surface area contributed by atoms with Gasteiger partial charge in [0.25, 0.3) is 0 Å². The molecule has 0 N–H and O–H groups in total. The molecule has 2 nitrogen and oxygen atoms in total. The average molecular weight is 206 g/mol. The molecule has 0 fully saturated rings. The van der Waals surface area contributed by atoms with Crippen molar-refractivity contribution in [3.05, 3.63) is 36.4 Å². The molecule has 0 radical (unpaired) electrons. The molecule has 82 valence electrons. The van der Waals surface area contributed by atoms with Crippen LogP contribution in [0.25, 0.3) is 0 Å². The molecule has 0 saturated heterocycles. The molecule has 0 spiro atoms. The van der Waals surface area contributed by atoms with E-state index in [1.807, 2.05) is 12.1 Å². The third-order valence-electron chi connectivity index (χ3n) is 2.42. The summed E-state index contributed by atoms with van der Waals surface area (Å²) in [6, 6.07) is 8.17. The number of hydrogen-bond acceptors (Lipinski definition) is 1. The van der Waals surface area contributed by atoms with Gasteiger partial charge in [-0.1, -0.05) is 12.6 Å². The quantitative estimate of drug-likeness (QED) is 0.543. The molecule has 0 aromatic heterocycles. The molecule has 0 atom stereocenters. The first-order chi connectivity index (χ1) is 6.95. The molecule has 2 heteroatoms. The van der Waals surface area contributed by atoms with Gasteiger partial charge in [0.2, 0.25) is 0 Å². The zero-order chi connectivity index (χ0) is 11.5. The summed E-state index contributed by atoms with van der Waals surface area (Å²) in [5, 5.41) is 0. The summed E-state index contributed by atoms with van der Waals surface area (Å²) in [5.74, 6) is 0.903. The zero-order valence-electron chi connectivity index (χ0n) is 10.1. The lowest BCUT2D eigenvalue weighted by molar-refractivity contribution is 0.405. The number of rotatable bonds is 4. The fourth-order valence-corrected chi connectivity index (χ4v) is 1.75. The fraction of sp³-hybridized carbons (Fsp3) is 0.385. The minimum Gasteiger partial charge on any atom is -0.497 e. The second-order valence-electron chi connectivity index (χ2n) is 4.50. The van der Waals surface area contributed by atoms with Crippen molar-refractivity contribution in [2.24, 2.45) is 0 Å². The second kappa shape index (κ2) is 4.49. The third kappa shape index (κ3) is 3.10. The third-order valence-corrected chi connectivity index (χ3v) is 2.42. The van der Waals surface area contributed by atoms with Crippen molar-refractivity contribution in [3.63, 3.8) is 0 Å². The van der Waals surface area contributed by atoms with Gasteiger partial charge in [-0.15, -0.1) is 0 Å². The maximum Gasteiger partial charge on any atom is 0.136 e. The standard InChI is InChI=1S/C13H20NO/c1-11(2)10-14(3,4)12-7-6-8-13(9-12)15-5/h6-9H,1,10H2,2-5H3/q+1. The highest BCUT2D eigenvalue weighted by Gasteiger charge is 2.19. The molecule has 15 heavy (non-hydrogen) atoms. The molecule has 0 amide bonds. The Morgan fingerprint density at radius 3 is 2.60 bits per heavy atom. The largest absolute Gasteiger partial charge is 0.497 e. The lowest BCUT2D eigenvalue weighted by atomic mass is 10.2. The van der Waals surface area contributed by atoms with Gasteiger partial charge < -0.3 is 4.74 Å². The average Bonchev–Trinajstić information content (AvgIpc) is 2.16. The molecule has 0 aliphatic heterocycles. The first-order valence-corrected chi connectivity index (χ1v) is 5.08. The zero-order valence-corrected chi connectivity index (χ0v) is 10.1. The number of methoxy groups -OCH3 is 1. The van der Waals surface area contributed by atoms with Crippen LogP contribution in [0.4, 0.5) is 5.69 Å². The highest BCUT2D eigenvalue weighted by molar-refractivity contribution is 5.47. The van der Waals surface area contributed by atoms with Gasteiger partial charge >= 0.3 is 0 Å². The van der Waals surface area contributed by atoms with Gasteiger partial charge in [-0.3, -0.25) is 4.48 Å². The lowest BCUT2D eigenvalue weighted by Crippen LogP contribution is -2.41. The predicted molar refractivity (Wildman–Crippen MR) is 66.3 cm³/mol. The number of hydrogen-bond donors (Lipinski definition) is 0. The molecule has 0 aliphatic carbocycles. The maximum atomic E-state index is 5.22. The van der Waals surface area contributed by atoms with Crippen molar-refractivity contribution < 1.29 is 4.74 Å². The smallest absolute Gasteiger partial charge is 0.136 e. The second-order valence-corrected chi connectivity index (χ2v) is 4.50. The summed E-state index contributed by atoms with van der Waals surface area (Å²) in [4.78, 5) is 0. The summed E-state index contributed by atoms with van der Waals surface area (Å²) in [7, 11) is 6.03. The molecule has 0 unspecified atom stereocenters. The van der Waals surface area contributed by atoms with E-state index in [1.54, 1.807) is 7.11 Å². The molecule has 1 aromatic rings. The van der Waals surface area contributed by atoms with E-state index < -0.39 is 0 Å². The Labute approximate surface area is 92.4 Å². The number of nitrogens with zero attached hydrogens (tertiary/aromatic N) is 1. The van der Waals surface area contributed by atoms with E-state index in [1.165, 1.54) is 11.3 Å². The highest BCUT2D eigenvalue weighted by atomic mass is 16.5. The Bertz CT molecular complexity index is 355. The van der Waals surface area contributed by atoms with E-state index >= 15 is 0 Å². The van der Waals surface area contributed by atoms with Crippen LogP contribution in [0.3, 0.4) is 0 Å². The summed E-state index contributed by atoms with van der Waals surface area (Å²) in [5.41, 5.74) is 2.42. The minimum atomic E-state index is 0.798. The summed E-state index contributed by atoms with van der Waals surface area (Å²) in [6.45, 7) is 6.95. The van der Waals surface area contributed by atoms with E-state index in [2.05, 4.69) is 39.7 Å². The number of likely N-dealkylation sites (N-methyl/N-ethyl adjacent to an activating group) is 1. The van der Waals surface area contributed by atoms with Crippen LogP contribution >= 0.6 is 0 Å². The topological polar surface area (TPSA) is 9.23 Å². The van der Waals surface area contributed by atoms with Crippen molar-refractivity contribution in [2.45, 2.75) is 6.92 Å². The number of quaternary nitrogens is 1. The van der Waals surface area contributed by atoms with E-state index in [0.717, 1.165) is 16.8 Å². The van der Waals surface area contributed by atoms with Gasteiger partial charge in [0, 0.05) is 6.07 Å². The van der Waals surface area contributed by atoms with E-state index in [-0.39, 0.29) is 0 Å². The Morgan fingerprint density at radius 2 is 2.07 bits per heavy atom. The van der Waals surface area contributed by atoms with Crippen LogP contribution in [0.15, 0.2) is 36.4 Å². The Morgan fingerprint density at radius 1 is 1.40 bits per heavy atom. The van der Waals surface area contributed by atoms with Gasteiger partial charge in [0.15, 0.2) is 0 Å². The Balaban J connectivity index is 2.98. The Kier molecular flexibility index (Phi) is 3.53. The minimum absolute atomic E-state index is 0.798. The fourth-order valence-electron chi connectivity index (χ4n) is 1.75. The number of ether oxygens (including phenoxy) is 1. The molecule has 1 aromatic carbocycles. The van der Waals surface area contributed by atoms with E-state index in [4.69, 9.17) is 4.74 Å². The van der Waals surface area contributed by atoms with Gasteiger partial charge in [0.1, 0.15) is 18.0 Å². The van der Waals surface area contributed by atoms with Gasteiger partial charge in [-0.05, 0) is 24.6 Å². The molecular weight excluding hydrogens is 186 g/mol. The molecule has 0 aliphatic rings. The molecule has 0 bridgehead atoms. The maximum absolute atomic E-state index is 5.22. The van der Waals surface area contributed by atoms with Crippen molar-refractivity contribution in [3.8, 4) is 5.75 Å². The van der Waals surface area contributed by atoms with Gasteiger partial charge in [-0.25, -0.2) is 0 Å². The summed E-state index contributed by atoms with van der Waals surface area (Å²) < 4.78 is 6.02. The summed E-state index contributed by atoms with van der Waals surface area (Å²) in [6.07, 6.45) is 0. The van der Waals surface area contributed by atoms with E-state index in [0.29, 0.717) is 0 Å². The Hall–Kier alpha value is -1.28. The monoisotopic (exact) mass is 206 g/mol. The van der Waals surface area contributed by atoms with Gasteiger partial charge in [-0.2, -0.15) is 0 Å². The predicted octanol–water partition coefficient (Wildman–Crippen LogP) is 2.84. The highest BCUT2D eigenvalue weighted by Crippen LogP contribution is 2.24. The first kappa shape index (κ1) is 11.8. The van der Waals surface area contributed by atoms with Gasteiger partial charge in [0.05, 0.1) is 21.2 Å². The summed E-state index contributed by atoms with van der Waals surface area (Å²) >= 11 is 0. The molecule has 0 saturated carbocycles. The molecule has 0 heterocycles. The van der Waals surface area contributed by atoms with Crippen LogP contribution in [0.2, 0.25) is 0 Å². The van der Waals surface area contributed by atoms with E-state index in [9.17, 15) is 0 Å². The van der Waals surface area contributed by atoms with Crippen LogP contribution in [-0.2, 0) is 0 Å². The van der Waals surface area contributed by atoms with Crippen molar-refractivity contribution in [2.75, 3.05) is 27.7 Å². The van der Waals surface area contributed by atoms with Crippen LogP contribution in [0.1, 0.15) is 6.92 Å². The van der Waals surface area contributed by atoms with Crippen molar-refractivity contribution >= 4 is 5.69 Å². The van der Waals surface area contributed by atoms with Crippen LogP contribution in [0, 0.1) is 0 Å². The van der Waals surface area contributed by atoms with Crippen LogP contribution < -0.4 is 9.22 Å². The van der Waals surface area contributed by atoms with Crippen molar-refractivity contribution in [1.82, 2.24) is 4.48 Å². The van der Waals surface area contributed by atoms with Crippen LogP contribution in [0.5, 0.6) is 5.75 Å². The normalized spacial score (nSPS) is 11.2.